The van der Waals surface area contributed by atoms with Crippen molar-refractivity contribution in [3.05, 3.63) is 0 Å². The van der Waals surface area contributed by atoms with Crippen molar-refractivity contribution < 1.29 is 0 Å². The minimum absolute atomic E-state index is 0.530. The fourth-order valence-corrected chi connectivity index (χ4v) is 2.48. The van der Waals surface area contributed by atoms with Crippen molar-refractivity contribution in [2.24, 2.45) is 17.1 Å². The molecule has 0 bridgehead atoms. The van der Waals surface area contributed by atoms with Gasteiger partial charge in [-0.3, -0.25) is 0 Å². The Labute approximate surface area is 83.1 Å². The molecule has 0 radical (unpaired) electrons. The van der Waals surface area contributed by atoms with E-state index >= 15 is 0 Å². The average Bonchev–Trinajstić information content (AvgIpc) is 2.18. The van der Waals surface area contributed by atoms with Gasteiger partial charge in [0.05, 0.1) is 0 Å². The molecule has 0 atom stereocenters. The maximum absolute atomic E-state index is 5.92. The monoisotopic (exact) mass is 183 g/mol. The maximum atomic E-state index is 5.92. The van der Waals surface area contributed by atoms with Gasteiger partial charge in [0.1, 0.15) is 0 Å². The predicted octanol–water partition coefficient (Wildman–Crippen LogP) is 3.33. The predicted molar refractivity (Wildman–Crippen MR) is 58.6 cm³/mol. The first-order chi connectivity index (χ1) is 6.22. The van der Waals surface area contributed by atoms with E-state index in [4.69, 9.17) is 5.73 Å². The molecule has 0 spiro atoms. The third kappa shape index (κ3) is 2.98. The average molecular weight is 183 g/mol. The van der Waals surface area contributed by atoms with E-state index in [2.05, 4.69) is 13.8 Å². The van der Waals surface area contributed by atoms with Crippen LogP contribution in [0.4, 0.5) is 0 Å². The first kappa shape index (κ1) is 11.0. The highest BCUT2D eigenvalue weighted by Gasteiger charge is 2.31. The van der Waals surface area contributed by atoms with Gasteiger partial charge in [-0.05, 0) is 37.1 Å². The summed E-state index contributed by atoms with van der Waals surface area (Å²) in [6, 6.07) is 0. The fraction of sp³-hybridized carbons (Fsp3) is 1.00. The molecule has 0 aromatic rings. The Balaban J connectivity index is 2.40. The van der Waals surface area contributed by atoms with Gasteiger partial charge in [-0.2, -0.15) is 0 Å². The van der Waals surface area contributed by atoms with Gasteiger partial charge < -0.3 is 5.73 Å². The van der Waals surface area contributed by atoms with Crippen molar-refractivity contribution in [2.45, 2.75) is 58.8 Å². The zero-order chi connectivity index (χ0) is 9.73. The Hall–Kier alpha value is -0.0400. The number of nitrogens with two attached hydrogens (primary N) is 1. The van der Waals surface area contributed by atoms with Crippen LogP contribution in [0.1, 0.15) is 58.8 Å². The summed E-state index contributed by atoms with van der Waals surface area (Å²) < 4.78 is 0. The molecule has 1 rings (SSSR count). The van der Waals surface area contributed by atoms with Crippen molar-refractivity contribution in [3.63, 3.8) is 0 Å². The molecular formula is C12H25N. The molecule has 0 heterocycles. The summed E-state index contributed by atoms with van der Waals surface area (Å²) in [7, 11) is 0. The van der Waals surface area contributed by atoms with Gasteiger partial charge in [0.15, 0.2) is 0 Å². The first-order valence-corrected chi connectivity index (χ1v) is 5.92. The molecule has 0 aliphatic heterocycles. The highest BCUT2D eigenvalue weighted by atomic mass is 14.6. The summed E-state index contributed by atoms with van der Waals surface area (Å²) in [5, 5.41) is 0. The molecule has 0 aromatic heterocycles. The number of rotatable bonds is 4. The summed E-state index contributed by atoms with van der Waals surface area (Å²) in [4.78, 5) is 0. The first-order valence-electron chi connectivity index (χ1n) is 5.92. The van der Waals surface area contributed by atoms with E-state index in [1.54, 1.807) is 0 Å². The largest absolute Gasteiger partial charge is 0.330 e. The highest BCUT2D eigenvalue weighted by Crippen LogP contribution is 2.41. The Morgan fingerprint density at radius 2 is 1.92 bits per heavy atom. The van der Waals surface area contributed by atoms with Crippen LogP contribution in [0, 0.1) is 11.3 Å². The van der Waals surface area contributed by atoms with Gasteiger partial charge in [0, 0.05) is 0 Å². The quantitative estimate of drug-likeness (QED) is 0.711. The fourth-order valence-electron chi connectivity index (χ4n) is 2.48. The Morgan fingerprint density at radius 1 is 1.31 bits per heavy atom. The van der Waals surface area contributed by atoms with Crippen LogP contribution in [-0.2, 0) is 0 Å². The number of unbranched alkanes of at least 4 members (excludes halogenated alkanes) is 1. The van der Waals surface area contributed by atoms with Crippen molar-refractivity contribution in [3.8, 4) is 0 Å². The number of hydrogen-bond acceptors (Lipinski definition) is 1. The lowest BCUT2D eigenvalue weighted by Gasteiger charge is -2.38. The SMILES string of the molecule is CCCCC1(CN)CCC(C)CC1. The molecule has 1 aliphatic rings. The summed E-state index contributed by atoms with van der Waals surface area (Å²) >= 11 is 0. The van der Waals surface area contributed by atoms with E-state index in [1.165, 1.54) is 44.9 Å². The van der Waals surface area contributed by atoms with E-state index in [-0.39, 0.29) is 0 Å². The lowest BCUT2D eigenvalue weighted by atomic mass is 9.68. The Morgan fingerprint density at radius 3 is 2.38 bits per heavy atom. The minimum atomic E-state index is 0.530. The van der Waals surface area contributed by atoms with Crippen LogP contribution in [-0.4, -0.2) is 6.54 Å². The lowest BCUT2D eigenvalue weighted by Crippen LogP contribution is -2.34. The number of hydrogen-bond donors (Lipinski definition) is 1. The van der Waals surface area contributed by atoms with Gasteiger partial charge in [-0.1, -0.05) is 39.5 Å². The smallest absolute Gasteiger partial charge is 0.00205 e. The molecule has 1 aliphatic carbocycles. The molecule has 1 fully saturated rings. The molecule has 0 saturated heterocycles. The topological polar surface area (TPSA) is 26.0 Å². The second-order valence-corrected chi connectivity index (χ2v) is 4.99. The van der Waals surface area contributed by atoms with Gasteiger partial charge in [0.25, 0.3) is 0 Å². The van der Waals surface area contributed by atoms with Crippen LogP contribution < -0.4 is 5.73 Å². The molecule has 0 amide bonds. The molecular weight excluding hydrogens is 158 g/mol. The van der Waals surface area contributed by atoms with E-state index in [0.29, 0.717) is 5.41 Å². The molecule has 1 nitrogen and oxygen atoms in total. The van der Waals surface area contributed by atoms with Crippen LogP contribution in [0.3, 0.4) is 0 Å². The van der Waals surface area contributed by atoms with Gasteiger partial charge in [-0.25, -0.2) is 0 Å². The molecule has 2 N–H and O–H groups in total. The van der Waals surface area contributed by atoms with Crippen molar-refractivity contribution in [1.82, 2.24) is 0 Å². The minimum Gasteiger partial charge on any atom is -0.330 e. The summed E-state index contributed by atoms with van der Waals surface area (Å²) in [6.07, 6.45) is 9.62. The molecule has 0 aromatic carbocycles. The van der Waals surface area contributed by atoms with Crippen molar-refractivity contribution in [2.75, 3.05) is 6.54 Å². The van der Waals surface area contributed by atoms with Crippen LogP contribution in [0.15, 0.2) is 0 Å². The molecule has 0 unspecified atom stereocenters. The van der Waals surface area contributed by atoms with Crippen molar-refractivity contribution in [1.29, 1.82) is 0 Å². The van der Waals surface area contributed by atoms with E-state index in [0.717, 1.165) is 12.5 Å². The van der Waals surface area contributed by atoms with Crippen LogP contribution in [0.25, 0.3) is 0 Å². The van der Waals surface area contributed by atoms with Gasteiger partial charge in [0.2, 0.25) is 0 Å². The highest BCUT2D eigenvalue weighted by molar-refractivity contribution is 4.85. The summed E-state index contributed by atoms with van der Waals surface area (Å²) in [5.74, 6) is 0.946. The van der Waals surface area contributed by atoms with Crippen LogP contribution in [0.5, 0.6) is 0 Å². The molecule has 1 heteroatoms. The van der Waals surface area contributed by atoms with Crippen molar-refractivity contribution >= 4 is 0 Å². The third-order valence-electron chi connectivity index (χ3n) is 3.83. The molecule has 78 valence electrons. The van der Waals surface area contributed by atoms with E-state index < -0.39 is 0 Å². The summed E-state index contributed by atoms with van der Waals surface area (Å²) in [5.41, 5.74) is 6.45. The van der Waals surface area contributed by atoms with Crippen LogP contribution in [0.2, 0.25) is 0 Å². The van der Waals surface area contributed by atoms with Gasteiger partial charge in [-0.15, -0.1) is 0 Å². The zero-order valence-electron chi connectivity index (χ0n) is 9.31. The van der Waals surface area contributed by atoms with Crippen LogP contribution >= 0.6 is 0 Å². The standard InChI is InChI=1S/C12H25N/c1-3-4-7-12(10-13)8-5-11(2)6-9-12/h11H,3-10,13H2,1-2H3. The second-order valence-electron chi connectivity index (χ2n) is 4.99. The van der Waals surface area contributed by atoms with Gasteiger partial charge >= 0.3 is 0 Å². The Kier molecular flexibility index (Phi) is 4.24. The summed E-state index contributed by atoms with van der Waals surface area (Å²) in [6.45, 7) is 5.57. The zero-order valence-corrected chi connectivity index (χ0v) is 9.31. The third-order valence-corrected chi connectivity index (χ3v) is 3.83. The molecule has 13 heavy (non-hydrogen) atoms. The van der Waals surface area contributed by atoms with E-state index in [1.807, 2.05) is 0 Å². The maximum Gasteiger partial charge on any atom is -0.00205 e. The normalized spacial score (nSPS) is 34.8. The molecule has 1 saturated carbocycles. The van der Waals surface area contributed by atoms with E-state index in [9.17, 15) is 0 Å². The second kappa shape index (κ2) is 4.99. The Bertz CT molecular complexity index is 129. The lowest BCUT2D eigenvalue weighted by molar-refractivity contribution is 0.147.